The van der Waals surface area contributed by atoms with E-state index in [4.69, 9.17) is 4.74 Å². The average Bonchev–Trinajstić information content (AvgIpc) is 2.46. The van der Waals surface area contributed by atoms with Crippen LogP contribution in [0.15, 0.2) is 24.3 Å². The van der Waals surface area contributed by atoms with E-state index in [1.165, 1.54) is 19.1 Å². The molecule has 5 nitrogen and oxygen atoms in total. The maximum Gasteiger partial charge on any atom is 0.425 e. The fraction of sp³-hybridized carbons (Fsp3) is 0.438. The van der Waals surface area contributed by atoms with Crippen LogP contribution in [0.2, 0.25) is 0 Å². The van der Waals surface area contributed by atoms with Crippen LogP contribution in [0.5, 0.6) is 5.75 Å². The van der Waals surface area contributed by atoms with Gasteiger partial charge >= 0.3 is 18.1 Å². The summed E-state index contributed by atoms with van der Waals surface area (Å²) < 4.78 is 45.9. The summed E-state index contributed by atoms with van der Waals surface area (Å²) in [6.45, 7) is 2.05. The Balaban J connectivity index is 2.43. The minimum absolute atomic E-state index is 0.0233. The largest absolute Gasteiger partial charge is 0.453 e. The molecule has 1 unspecified atom stereocenters. The van der Waals surface area contributed by atoms with Gasteiger partial charge in [0.1, 0.15) is 5.75 Å². The molecule has 0 saturated heterocycles. The van der Waals surface area contributed by atoms with Crippen molar-refractivity contribution in [2.45, 2.75) is 45.4 Å². The number of rotatable bonds is 7. The number of ketones is 1. The second-order valence-electron chi connectivity index (χ2n) is 5.05. The van der Waals surface area contributed by atoms with Crippen LogP contribution in [0.4, 0.5) is 13.2 Å². The number of halogens is 3. The van der Waals surface area contributed by atoms with Crippen molar-refractivity contribution in [1.29, 1.82) is 0 Å². The predicted molar refractivity (Wildman–Crippen MR) is 77.5 cm³/mol. The van der Waals surface area contributed by atoms with Crippen LogP contribution in [0.25, 0.3) is 0 Å². The van der Waals surface area contributed by atoms with Crippen molar-refractivity contribution in [3.05, 3.63) is 29.8 Å². The normalized spacial score (nSPS) is 12.4. The number of benzene rings is 1. The molecule has 24 heavy (non-hydrogen) atoms. The van der Waals surface area contributed by atoms with Crippen LogP contribution in [-0.4, -0.2) is 30.0 Å². The van der Waals surface area contributed by atoms with Gasteiger partial charge in [0.05, 0.1) is 5.56 Å². The molecule has 0 aliphatic carbocycles. The molecule has 1 rings (SSSR count). The van der Waals surface area contributed by atoms with Gasteiger partial charge in [-0.05, 0) is 32.4 Å². The summed E-state index contributed by atoms with van der Waals surface area (Å²) in [5, 5.41) is 0. The third kappa shape index (κ3) is 6.39. The quantitative estimate of drug-likeness (QED) is 0.430. The van der Waals surface area contributed by atoms with E-state index in [0.29, 0.717) is 0 Å². The molecule has 1 aromatic carbocycles. The van der Waals surface area contributed by atoms with Crippen LogP contribution in [0.3, 0.4) is 0 Å². The van der Waals surface area contributed by atoms with Gasteiger partial charge in [-0.2, -0.15) is 13.2 Å². The van der Waals surface area contributed by atoms with Gasteiger partial charge in [-0.1, -0.05) is 12.1 Å². The summed E-state index contributed by atoms with van der Waals surface area (Å²) in [6.07, 6.45) is -7.37. The summed E-state index contributed by atoms with van der Waals surface area (Å²) in [6, 6.07) is 6.16. The molecule has 0 aromatic heterocycles. The Hall–Kier alpha value is -2.38. The first-order valence-corrected chi connectivity index (χ1v) is 7.18. The zero-order valence-corrected chi connectivity index (χ0v) is 13.2. The Bertz CT molecular complexity index is 610. The number of alkyl halides is 3. The zero-order valence-electron chi connectivity index (χ0n) is 13.2. The molecule has 1 atom stereocenters. The number of ether oxygens (including phenoxy) is 2. The highest BCUT2D eigenvalue weighted by Gasteiger charge is 2.38. The Kier molecular flexibility index (Phi) is 6.94. The van der Waals surface area contributed by atoms with Crippen molar-refractivity contribution >= 4 is 17.7 Å². The number of Topliss-reactive ketones (excluding diaryl/α,β-unsaturated/α-hetero) is 1. The van der Waals surface area contributed by atoms with Crippen LogP contribution in [0, 0.1) is 0 Å². The average molecular weight is 346 g/mol. The monoisotopic (exact) mass is 346 g/mol. The molecular formula is C16H17F3O5. The van der Waals surface area contributed by atoms with Crippen molar-refractivity contribution in [2.75, 3.05) is 0 Å². The molecule has 0 aliphatic rings. The Morgan fingerprint density at radius 1 is 1.08 bits per heavy atom. The van der Waals surface area contributed by atoms with E-state index in [2.05, 4.69) is 4.74 Å². The van der Waals surface area contributed by atoms with Gasteiger partial charge in [-0.3, -0.25) is 14.4 Å². The van der Waals surface area contributed by atoms with Crippen molar-refractivity contribution in [1.82, 2.24) is 0 Å². The first-order chi connectivity index (χ1) is 11.1. The smallest absolute Gasteiger partial charge is 0.425 e. The third-order valence-electron chi connectivity index (χ3n) is 3.02. The number of hydrogen-bond acceptors (Lipinski definition) is 5. The lowest BCUT2D eigenvalue weighted by Gasteiger charge is -2.16. The molecule has 0 heterocycles. The maximum absolute atomic E-state index is 12.2. The second kappa shape index (κ2) is 8.47. The lowest BCUT2D eigenvalue weighted by molar-refractivity contribution is -0.216. The minimum atomic E-state index is -4.62. The van der Waals surface area contributed by atoms with Gasteiger partial charge in [0.25, 0.3) is 0 Å². The molecule has 0 saturated carbocycles. The lowest BCUT2D eigenvalue weighted by Crippen LogP contribution is -2.30. The maximum atomic E-state index is 12.2. The highest BCUT2D eigenvalue weighted by Crippen LogP contribution is 2.23. The molecule has 0 N–H and O–H groups in total. The summed E-state index contributed by atoms with van der Waals surface area (Å²) in [5.74, 6) is -1.91. The fourth-order valence-electron chi connectivity index (χ4n) is 1.72. The van der Waals surface area contributed by atoms with Gasteiger partial charge < -0.3 is 9.47 Å². The van der Waals surface area contributed by atoms with E-state index in [-0.39, 0.29) is 36.4 Å². The second-order valence-corrected chi connectivity index (χ2v) is 5.05. The van der Waals surface area contributed by atoms with Crippen molar-refractivity contribution in [3.63, 3.8) is 0 Å². The van der Waals surface area contributed by atoms with Gasteiger partial charge in [-0.25, -0.2) is 0 Å². The van der Waals surface area contributed by atoms with E-state index in [1.54, 1.807) is 12.1 Å². The molecule has 0 fully saturated rings. The van der Waals surface area contributed by atoms with Crippen molar-refractivity contribution in [2.24, 2.45) is 0 Å². The number of carbonyl (C=O) groups is 3. The topological polar surface area (TPSA) is 69.7 Å². The van der Waals surface area contributed by atoms with Crippen LogP contribution < -0.4 is 4.74 Å². The Labute approximate surface area is 136 Å². The van der Waals surface area contributed by atoms with Gasteiger partial charge in [0.2, 0.25) is 0 Å². The minimum Gasteiger partial charge on any atom is -0.453 e. The number of para-hydroxylation sites is 1. The predicted octanol–water partition coefficient (Wildman–Crippen LogP) is 3.46. The van der Waals surface area contributed by atoms with E-state index in [9.17, 15) is 27.6 Å². The zero-order chi connectivity index (χ0) is 18.3. The number of hydrogen-bond donors (Lipinski definition) is 0. The molecule has 0 spiro atoms. The van der Waals surface area contributed by atoms with E-state index < -0.39 is 24.2 Å². The summed E-state index contributed by atoms with van der Waals surface area (Å²) in [5.41, 5.74) is 0.240. The summed E-state index contributed by atoms with van der Waals surface area (Å²) >= 11 is 0. The molecule has 132 valence electrons. The first kappa shape index (κ1) is 19.7. The lowest BCUT2D eigenvalue weighted by atomic mass is 10.1. The first-order valence-electron chi connectivity index (χ1n) is 7.18. The highest BCUT2D eigenvalue weighted by molar-refractivity contribution is 5.97. The van der Waals surface area contributed by atoms with E-state index >= 15 is 0 Å². The van der Waals surface area contributed by atoms with Gasteiger partial charge in [0, 0.05) is 12.8 Å². The van der Waals surface area contributed by atoms with Crippen molar-refractivity contribution in [3.8, 4) is 5.75 Å². The number of esters is 2. The standard InChI is InChI=1S/C16H17F3O5/c1-10(20)12-6-3-4-7-13(12)24-15(22)9-5-8-14(21)23-11(2)16(17,18)19/h3-4,6-7,11H,5,8-9H2,1-2H3. The third-order valence-corrected chi connectivity index (χ3v) is 3.02. The molecule has 1 aromatic rings. The van der Waals surface area contributed by atoms with E-state index in [0.717, 1.165) is 6.92 Å². The Morgan fingerprint density at radius 3 is 2.25 bits per heavy atom. The summed E-state index contributed by atoms with van der Waals surface area (Å²) in [7, 11) is 0. The summed E-state index contributed by atoms with van der Waals surface area (Å²) in [4.78, 5) is 34.3. The van der Waals surface area contributed by atoms with Crippen molar-refractivity contribution < 1.29 is 37.0 Å². The molecular weight excluding hydrogens is 329 g/mol. The molecule has 0 aliphatic heterocycles. The molecule has 0 bridgehead atoms. The van der Waals surface area contributed by atoms with Gasteiger partial charge in [0.15, 0.2) is 11.9 Å². The van der Waals surface area contributed by atoms with Crippen LogP contribution in [0.1, 0.15) is 43.5 Å². The van der Waals surface area contributed by atoms with Crippen LogP contribution in [-0.2, 0) is 14.3 Å². The SMILES string of the molecule is CC(=O)c1ccccc1OC(=O)CCCC(=O)OC(C)C(F)(F)F. The Morgan fingerprint density at radius 2 is 1.67 bits per heavy atom. The molecule has 0 radical (unpaired) electrons. The van der Waals surface area contributed by atoms with E-state index in [1.807, 2.05) is 0 Å². The van der Waals surface area contributed by atoms with Gasteiger partial charge in [-0.15, -0.1) is 0 Å². The molecule has 8 heteroatoms. The van der Waals surface area contributed by atoms with Crippen LogP contribution >= 0.6 is 0 Å². The highest BCUT2D eigenvalue weighted by atomic mass is 19.4. The number of carbonyl (C=O) groups excluding carboxylic acids is 3. The molecule has 0 amide bonds. The fourth-order valence-corrected chi connectivity index (χ4v) is 1.72.